The van der Waals surface area contributed by atoms with Crippen molar-refractivity contribution in [2.24, 2.45) is 0 Å². The highest BCUT2D eigenvalue weighted by Crippen LogP contribution is 2.32. The molecule has 2 rings (SSSR count). The maximum atomic E-state index is 12.9. The Labute approximate surface area is 127 Å². The number of hydrogen-bond acceptors (Lipinski definition) is 1. The fourth-order valence-electron chi connectivity index (χ4n) is 2.65. The number of rotatable bonds is 1. The molecule has 0 radical (unpaired) electrons. The van der Waals surface area contributed by atoms with Crippen molar-refractivity contribution in [2.45, 2.75) is 59.4 Å². The Balaban J connectivity index is 2.84. The van der Waals surface area contributed by atoms with Crippen LogP contribution in [-0.2, 0) is 11.0 Å². The standard InChI is InChI=1S/C18H26N2O/c1-12-10-8-9-11-13(12)15-14(17(2,3)4)16(21)20(19-15)18(5,6)7/h8-11,19H,1-7H3. The molecule has 1 aromatic heterocycles. The summed E-state index contributed by atoms with van der Waals surface area (Å²) in [5.41, 5.74) is 3.67. The summed E-state index contributed by atoms with van der Waals surface area (Å²) in [5.74, 6) is 0. The highest BCUT2D eigenvalue weighted by molar-refractivity contribution is 5.67. The van der Waals surface area contributed by atoms with Gasteiger partial charge >= 0.3 is 0 Å². The molecule has 21 heavy (non-hydrogen) atoms. The Bertz CT molecular complexity index is 706. The molecule has 3 heteroatoms. The quantitative estimate of drug-likeness (QED) is 0.838. The van der Waals surface area contributed by atoms with E-state index in [-0.39, 0.29) is 16.5 Å². The van der Waals surface area contributed by atoms with Gasteiger partial charge in [-0.25, -0.2) is 4.68 Å². The predicted molar refractivity (Wildman–Crippen MR) is 88.9 cm³/mol. The van der Waals surface area contributed by atoms with E-state index in [4.69, 9.17) is 0 Å². The van der Waals surface area contributed by atoms with Crippen LogP contribution in [0.2, 0.25) is 0 Å². The van der Waals surface area contributed by atoms with Crippen molar-refractivity contribution in [3.8, 4) is 11.3 Å². The number of H-pyrrole nitrogens is 1. The van der Waals surface area contributed by atoms with Gasteiger partial charge in [0.25, 0.3) is 5.56 Å². The number of nitrogens with zero attached hydrogens (tertiary/aromatic N) is 1. The molecule has 0 aliphatic carbocycles. The van der Waals surface area contributed by atoms with Crippen LogP contribution in [0.1, 0.15) is 52.7 Å². The Morgan fingerprint density at radius 3 is 2.05 bits per heavy atom. The largest absolute Gasteiger partial charge is 0.294 e. The molecule has 2 aromatic rings. The second kappa shape index (κ2) is 4.90. The predicted octanol–water partition coefficient (Wildman–Crippen LogP) is 4.20. The first-order valence-electron chi connectivity index (χ1n) is 7.45. The number of hydrogen-bond donors (Lipinski definition) is 1. The number of aromatic nitrogens is 2. The second-order valence-electron chi connectivity index (χ2n) is 7.74. The molecule has 0 saturated carbocycles. The molecule has 0 aliphatic heterocycles. The van der Waals surface area contributed by atoms with Gasteiger partial charge in [-0.05, 0) is 38.7 Å². The molecule has 3 nitrogen and oxygen atoms in total. The molecule has 114 valence electrons. The summed E-state index contributed by atoms with van der Waals surface area (Å²) in [6.45, 7) is 14.5. The van der Waals surface area contributed by atoms with E-state index < -0.39 is 0 Å². The van der Waals surface area contributed by atoms with Gasteiger partial charge in [0.15, 0.2) is 0 Å². The monoisotopic (exact) mass is 286 g/mol. The van der Waals surface area contributed by atoms with Crippen LogP contribution in [0.3, 0.4) is 0 Å². The zero-order valence-electron chi connectivity index (χ0n) is 14.2. The van der Waals surface area contributed by atoms with Crippen molar-refractivity contribution in [1.29, 1.82) is 0 Å². The molecule has 0 spiro atoms. The summed E-state index contributed by atoms with van der Waals surface area (Å²) in [7, 11) is 0. The molecule has 1 aromatic carbocycles. The molecule has 0 saturated heterocycles. The van der Waals surface area contributed by atoms with Crippen molar-refractivity contribution in [3.05, 3.63) is 45.7 Å². The number of benzene rings is 1. The van der Waals surface area contributed by atoms with Gasteiger partial charge in [0.05, 0.1) is 11.2 Å². The van der Waals surface area contributed by atoms with Gasteiger partial charge in [-0.1, -0.05) is 45.0 Å². The molecule has 1 N–H and O–H groups in total. The Hall–Kier alpha value is -1.77. The highest BCUT2D eigenvalue weighted by Gasteiger charge is 2.30. The number of aryl methyl sites for hydroxylation is 1. The van der Waals surface area contributed by atoms with Crippen LogP contribution in [0.25, 0.3) is 11.3 Å². The first-order chi connectivity index (χ1) is 9.53. The minimum atomic E-state index is -0.266. The van der Waals surface area contributed by atoms with E-state index in [1.54, 1.807) is 4.68 Å². The lowest BCUT2D eigenvalue weighted by Gasteiger charge is -2.19. The topological polar surface area (TPSA) is 37.8 Å². The summed E-state index contributed by atoms with van der Waals surface area (Å²) in [6.07, 6.45) is 0. The van der Waals surface area contributed by atoms with Crippen LogP contribution in [0.4, 0.5) is 0 Å². The normalized spacial score (nSPS) is 12.7. The van der Waals surface area contributed by atoms with Gasteiger partial charge in [-0.15, -0.1) is 0 Å². The SMILES string of the molecule is Cc1ccccc1-c1[nH]n(C(C)(C)C)c(=O)c1C(C)(C)C. The van der Waals surface area contributed by atoms with Crippen molar-refractivity contribution in [2.75, 3.05) is 0 Å². The Morgan fingerprint density at radius 2 is 1.57 bits per heavy atom. The van der Waals surface area contributed by atoms with E-state index in [0.717, 1.165) is 16.8 Å². The average molecular weight is 286 g/mol. The zero-order chi connectivity index (χ0) is 16.0. The lowest BCUT2D eigenvalue weighted by Crippen LogP contribution is -2.35. The third-order valence-corrected chi connectivity index (χ3v) is 3.73. The van der Waals surface area contributed by atoms with Crippen LogP contribution < -0.4 is 5.56 Å². The Kier molecular flexibility index (Phi) is 3.64. The fourth-order valence-corrected chi connectivity index (χ4v) is 2.65. The van der Waals surface area contributed by atoms with Crippen LogP contribution in [0, 0.1) is 6.92 Å². The van der Waals surface area contributed by atoms with E-state index in [0.29, 0.717) is 0 Å². The molecular formula is C18H26N2O. The minimum Gasteiger partial charge on any atom is -0.294 e. The van der Waals surface area contributed by atoms with Gasteiger partial charge in [-0.3, -0.25) is 9.89 Å². The number of nitrogens with one attached hydrogen (secondary N) is 1. The summed E-state index contributed by atoms with van der Waals surface area (Å²) >= 11 is 0. The van der Waals surface area contributed by atoms with Gasteiger partial charge in [-0.2, -0.15) is 0 Å². The van der Waals surface area contributed by atoms with Gasteiger partial charge in [0.1, 0.15) is 0 Å². The molecule has 1 heterocycles. The second-order valence-corrected chi connectivity index (χ2v) is 7.74. The maximum absolute atomic E-state index is 12.9. The van der Waals surface area contributed by atoms with Gasteiger partial charge in [0, 0.05) is 11.1 Å². The lowest BCUT2D eigenvalue weighted by atomic mass is 9.85. The molecule has 0 amide bonds. The first kappa shape index (κ1) is 15.6. The third-order valence-electron chi connectivity index (χ3n) is 3.73. The third kappa shape index (κ3) is 2.82. The molecule has 0 bridgehead atoms. The van der Waals surface area contributed by atoms with Crippen molar-refractivity contribution in [3.63, 3.8) is 0 Å². The molecular weight excluding hydrogens is 260 g/mol. The number of aromatic amines is 1. The van der Waals surface area contributed by atoms with Crippen LogP contribution in [-0.4, -0.2) is 9.78 Å². The summed E-state index contributed by atoms with van der Waals surface area (Å²) in [5, 5.41) is 3.36. The molecule has 0 fully saturated rings. The van der Waals surface area contributed by atoms with E-state index in [2.05, 4.69) is 44.9 Å². The summed E-state index contributed by atoms with van der Waals surface area (Å²) < 4.78 is 1.75. The van der Waals surface area contributed by atoms with Gasteiger partial charge < -0.3 is 0 Å². The smallest absolute Gasteiger partial charge is 0.271 e. The van der Waals surface area contributed by atoms with Gasteiger partial charge in [0.2, 0.25) is 0 Å². The van der Waals surface area contributed by atoms with Crippen LogP contribution in [0.15, 0.2) is 29.1 Å². The maximum Gasteiger partial charge on any atom is 0.271 e. The fraction of sp³-hybridized carbons (Fsp3) is 0.500. The molecule has 0 atom stereocenters. The Morgan fingerprint density at radius 1 is 1.00 bits per heavy atom. The molecule has 0 unspecified atom stereocenters. The van der Waals surface area contributed by atoms with Crippen LogP contribution in [0.5, 0.6) is 0 Å². The highest BCUT2D eigenvalue weighted by atomic mass is 16.1. The van der Waals surface area contributed by atoms with E-state index in [1.165, 1.54) is 5.56 Å². The minimum absolute atomic E-state index is 0.0771. The molecule has 0 aliphatic rings. The average Bonchev–Trinajstić information content (AvgIpc) is 2.66. The van der Waals surface area contributed by atoms with Crippen LogP contribution >= 0.6 is 0 Å². The van der Waals surface area contributed by atoms with Crippen molar-refractivity contribution in [1.82, 2.24) is 9.78 Å². The zero-order valence-corrected chi connectivity index (χ0v) is 14.2. The summed E-state index contributed by atoms with van der Waals surface area (Å²) in [4.78, 5) is 12.9. The van der Waals surface area contributed by atoms with E-state index in [9.17, 15) is 4.79 Å². The summed E-state index contributed by atoms with van der Waals surface area (Å²) in [6, 6.07) is 8.19. The van der Waals surface area contributed by atoms with Crippen molar-refractivity contribution < 1.29 is 0 Å². The first-order valence-corrected chi connectivity index (χ1v) is 7.45. The van der Waals surface area contributed by atoms with E-state index >= 15 is 0 Å². The van der Waals surface area contributed by atoms with E-state index in [1.807, 2.05) is 32.9 Å². The van der Waals surface area contributed by atoms with Crippen molar-refractivity contribution >= 4 is 0 Å². The lowest BCUT2D eigenvalue weighted by molar-refractivity contribution is 0.344.